The van der Waals surface area contributed by atoms with Gasteiger partial charge in [-0.3, -0.25) is 0 Å². The molecule has 0 saturated heterocycles. The van der Waals surface area contributed by atoms with Gasteiger partial charge in [-0.2, -0.15) is 13.2 Å². The highest BCUT2D eigenvalue weighted by Crippen LogP contribution is 2.35. The lowest BCUT2D eigenvalue weighted by Gasteiger charge is -2.08. The minimum atomic E-state index is -4.34. The lowest BCUT2D eigenvalue weighted by Crippen LogP contribution is -2.03. The first-order chi connectivity index (χ1) is 13.8. The second-order valence-electron chi connectivity index (χ2n) is 6.94. The van der Waals surface area contributed by atoms with E-state index in [1.54, 1.807) is 6.07 Å². The number of carbonyl (C=O) groups excluding carboxylic acids is 1. The van der Waals surface area contributed by atoms with Crippen LogP contribution in [-0.2, 0) is 17.3 Å². The third kappa shape index (κ3) is 3.83. The topological polar surface area (TPSA) is 42.1 Å². The van der Waals surface area contributed by atoms with Crippen LogP contribution < -0.4 is 0 Å². The molecule has 0 fully saturated rings. The van der Waals surface area contributed by atoms with Crippen LogP contribution >= 0.6 is 0 Å². The molecule has 1 aliphatic carbocycles. The summed E-state index contributed by atoms with van der Waals surface area (Å²) < 4.78 is 43.1. The smallest absolute Gasteiger partial charge is 0.416 e. The van der Waals surface area contributed by atoms with Crippen LogP contribution in [-0.4, -0.2) is 18.1 Å². The fraction of sp³-hybridized carbons (Fsp3) is 0.174. The largest absolute Gasteiger partial charge is 0.464 e. The van der Waals surface area contributed by atoms with E-state index in [2.05, 4.69) is 4.98 Å². The number of hydrogen-bond acceptors (Lipinski definition) is 2. The molecule has 1 N–H and O–H groups in total. The lowest BCUT2D eigenvalue weighted by molar-refractivity contribution is -0.137. The molecule has 0 saturated carbocycles. The second kappa shape index (κ2) is 7.28. The number of ether oxygens (including phenoxy) is 1. The van der Waals surface area contributed by atoms with Gasteiger partial charge in [0, 0.05) is 5.69 Å². The number of carbonyl (C=O) groups is 1. The van der Waals surface area contributed by atoms with Gasteiger partial charge in [0.05, 0.1) is 12.7 Å². The van der Waals surface area contributed by atoms with Crippen molar-refractivity contribution in [3.05, 3.63) is 82.7 Å². The average Bonchev–Trinajstić information content (AvgIpc) is 3.29. The zero-order chi connectivity index (χ0) is 20.6. The molecule has 29 heavy (non-hydrogen) atoms. The maximum Gasteiger partial charge on any atom is 0.416 e. The molecule has 3 nitrogen and oxygen atoms in total. The molecule has 0 aliphatic heterocycles. The zero-order valence-electron chi connectivity index (χ0n) is 15.6. The Hall–Kier alpha value is -3.28. The molecule has 0 bridgehead atoms. The number of aryl methyl sites for hydroxylation is 1. The number of H-pyrrole nitrogens is 1. The van der Waals surface area contributed by atoms with Crippen LogP contribution in [0.1, 0.15) is 39.3 Å². The van der Waals surface area contributed by atoms with Gasteiger partial charge in [0.25, 0.3) is 0 Å². The van der Waals surface area contributed by atoms with Gasteiger partial charge in [0.1, 0.15) is 5.69 Å². The van der Waals surface area contributed by atoms with E-state index in [0.29, 0.717) is 5.69 Å². The molecule has 1 aliphatic rings. The Morgan fingerprint density at radius 3 is 2.48 bits per heavy atom. The summed E-state index contributed by atoms with van der Waals surface area (Å²) in [7, 11) is 1.35. The van der Waals surface area contributed by atoms with Gasteiger partial charge >= 0.3 is 12.1 Å². The van der Waals surface area contributed by atoms with Gasteiger partial charge in [0.15, 0.2) is 0 Å². The molecule has 0 atom stereocenters. The minimum absolute atomic E-state index is 0.400. The molecular weight excluding hydrogens is 379 g/mol. The Morgan fingerprint density at radius 1 is 1.03 bits per heavy atom. The number of rotatable bonds is 3. The van der Waals surface area contributed by atoms with Crippen LogP contribution in [0.25, 0.3) is 22.8 Å². The average molecular weight is 397 g/mol. The van der Waals surface area contributed by atoms with Gasteiger partial charge in [-0.1, -0.05) is 36.4 Å². The molecule has 148 valence electrons. The normalized spacial score (nSPS) is 14.8. The van der Waals surface area contributed by atoms with Crippen LogP contribution in [0.5, 0.6) is 0 Å². The van der Waals surface area contributed by atoms with Crippen LogP contribution in [0.15, 0.2) is 54.6 Å². The number of nitrogens with one attached hydrogen (secondary N) is 1. The molecular formula is C23H18F3NO2. The van der Waals surface area contributed by atoms with Crippen molar-refractivity contribution in [3.63, 3.8) is 0 Å². The fourth-order valence-electron chi connectivity index (χ4n) is 3.61. The summed E-state index contributed by atoms with van der Waals surface area (Å²) in [5.74, 6) is -0.400. The molecule has 0 spiro atoms. The van der Waals surface area contributed by atoms with Crippen LogP contribution in [0.3, 0.4) is 0 Å². The number of alkyl halides is 3. The molecule has 2 aromatic carbocycles. The maximum atomic E-state index is 12.8. The van der Waals surface area contributed by atoms with Gasteiger partial charge in [-0.25, -0.2) is 4.79 Å². The Labute approximate surface area is 165 Å². The summed E-state index contributed by atoms with van der Waals surface area (Å²) in [6.07, 6.45) is -0.622. The number of fused-ring (bicyclic) bond motifs is 1. The first-order valence-electron chi connectivity index (χ1n) is 9.14. The molecule has 1 aromatic heterocycles. The van der Waals surface area contributed by atoms with Crippen LogP contribution in [0, 0.1) is 0 Å². The Bertz CT molecular complexity index is 1090. The highest BCUT2D eigenvalue weighted by atomic mass is 19.4. The minimum Gasteiger partial charge on any atom is -0.464 e. The van der Waals surface area contributed by atoms with Crippen LogP contribution in [0.4, 0.5) is 13.2 Å². The first-order valence-corrected chi connectivity index (χ1v) is 9.14. The van der Waals surface area contributed by atoms with E-state index in [4.69, 9.17) is 4.74 Å². The standard InChI is InChI=1S/C23H18F3NO2/c1-29-22(28)21-13-19-17(7-10-20(19)27-21)12-14-3-2-4-16(11-14)15-5-8-18(9-6-15)23(24,25)26/h2-6,8-9,11-13,27H,7,10H2,1H3. The molecule has 0 amide bonds. The van der Waals surface area contributed by atoms with Gasteiger partial charge < -0.3 is 9.72 Å². The van der Waals surface area contributed by atoms with Crippen molar-refractivity contribution in [1.82, 2.24) is 4.98 Å². The van der Waals surface area contributed by atoms with Crippen molar-refractivity contribution in [2.75, 3.05) is 7.11 Å². The van der Waals surface area contributed by atoms with E-state index in [9.17, 15) is 18.0 Å². The van der Waals surface area contributed by atoms with E-state index in [1.165, 1.54) is 19.2 Å². The number of hydrogen-bond donors (Lipinski definition) is 1. The molecule has 0 unspecified atom stereocenters. The number of aromatic nitrogens is 1. The number of allylic oxidation sites excluding steroid dienone is 1. The Kier molecular flexibility index (Phi) is 4.78. The summed E-state index contributed by atoms with van der Waals surface area (Å²) >= 11 is 0. The predicted molar refractivity (Wildman–Crippen MR) is 105 cm³/mol. The van der Waals surface area contributed by atoms with Crippen molar-refractivity contribution in [2.45, 2.75) is 19.0 Å². The maximum absolute atomic E-state index is 12.8. The van der Waals surface area contributed by atoms with Crippen molar-refractivity contribution in [3.8, 4) is 11.1 Å². The fourth-order valence-corrected chi connectivity index (χ4v) is 3.61. The quantitative estimate of drug-likeness (QED) is 0.553. The monoisotopic (exact) mass is 397 g/mol. The van der Waals surface area contributed by atoms with E-state index in [-0.39, 0.29) is 0 Å². The number of aromatic amines is 1. The van der Waals surface area contributed by atoms with Crippen molar-refractivity contribution in [1.29, 1.82) is 0 Å². The summed E-state index contributed by atoms with van der Waals surface area (Å²) in [5.41, 5.74) is 5.41. The highest BCUT2D eigenvalue weighted by molar-refractivity contribution is 5.92. The van der Waals surface area contributed by atoms with E-state index < -0.39 is 17.7 Å². The highest BCUT2D eigenvalue weighted by Gasteiger charge is 2.30. The number of halogens is 3. The second-order valence-corrected chi connectivity index (χ2v) is 6.94. The third-order valence-electron chi connectivity index (χ3n) is 5.07. The van der Waals surface area contributed by atoms with Crippen molar-refractivity contribution >= 4 is 17.6 Å². The number of benzene rings is 2. The number of esters is 1. The molecule has 4 rings (SSSR count). The van der Waals surface area contributed by atoms with Crippen molar-refractivity contribution < 1.29 is 22.7 Å². The van der Waals surface area contributed by atoms with E-state index in [0.717, 1.165) is 58.5 Å². The first kappa shape index (κ1) is 19.1. The zero-order valence-corrected chi connectivity index (χ0v) is 15.6. The summed E-state index contributed by atoms with van der Waals surface area (Å²) in [4.78, 5) is 14.8. The summed E-state index contributed by atoms with van der Waals surface area (Å²) in [5, 5.41) is 0. The van der Waals surface area contributed by atoms with Gasteiger partial charge in [-0.05, 0) is 64.9 Å². The predicted octanol–water partition coefficient (Wildman–Crippen LogP) is 5.97. The lowest BCUT2D eigenvalue weighted by atomic mass is 10.00. The Morgan fingerprint density at radius 2 is 1.79 bits per heavy atom. The molecule has 0 radical (unpaired) electrons. The molecule has 6 heteroatoms. The van der Waals surface area contributed by atoms with Gasteiger partial charge in [0.2, 0.25) is 0 Å². The summed E-state index contributed by atoms with van der Waals surface area (Å²) in [6, 6.07) is 14.6. The van der Waals surface area contributed by atoms with Crippen molar-refractivity contribution in [2.24, 2.45) is 0 Å². The number of methoxy groups -OCH3 is 1. The Balaban J connectivity index is 1.62. The molecule has 1 heterocycles. The van der Waals surface area contributed by atoms with Gasteiger partial charge in [-0.15, -0.1) is 0 Å². The molecule has 3 aromatic rings. The summed E-state index contributed by atoms with van der Waals surface area (Å²) in [6.45, 7) is 0. The van der Waals surface area contributed by atoms with E-state index >= 15 is 0 Å². The van der Waals surface area contributed by atoms with E-state index in [1.807, 2.05) is 30.3 Å². The third-order valence-corrected chi connectivity index (χ3v) is 5.07. The SMILES string of the molecule is COC(=O)c1cc2c([nH]1)CCC2=Cc1cccc(-c2ccc(C(F)(F)F)cc2)c1. The van der Waals surface area contributed by atoms with Crippen LogP contribution in [0.2, 0.25) is 0 Å².